The quantitative estimate of drug-likeness (QED) is 0.344. The van der Waals surface area contributed by atoms with Gasteiger partial charge in [-0.25, -0.2) is 4.99 Å². The van der Waals surface area contributed by atoms with Crippen molar-refractivity contribution in [3.8, 4) is 0 Å². The third-order valence-corrected chi connectivity index (χ3v) is 5.29. The van der Waals surface area contributed by atoms with Crippen molar-refractivity contribution < 1.29 is 9.53 Å². The first kappa shape index (κ1) is 24.0. The number of rotatable bonds is 8. The van der Waals surface area contributed by atoms with Crippen molar-refractivity contribution >= 4 is 17.6 Å². The lowest BCUT2D eigenvalue weighted by Crippen LogP contribution is -2.49. The molecule has 0 unspecified atom stereocenters. The first-order valence-corrected chi connectivity index (χ1v) is 11.0. The molecule has 1 heterocycles. The fourth-order valence-electron chi connectivity index (χ4n) is 3.47. The second kappa shape index (κ2) is 11.8. The number of nitrogens with zero attached hydrogens (tertiary/aromatic N) is 2. The number of aliphatic imine (C=N–C) groups is 1. The van der Waals surface area contributed by atoms with E-state index in [0.717, 1.165) is 32.5 Å². The van der Waals surface area contributed by atoms with E-state index in [9.17, 15) is 4.79 Å². The predicted molar refractivity (Wildman–Crippen MR) is 124 cm³/mol. The van der Waals surface area contributed by atoms with Gasteiger partial charge in [-0.1, -0.05) is 32.9 Å². The van der Waals surface area contributed by atoms with Crippen LogP contribution in [-0.4, -0.2) is 64.3 Å². The molecule has 1 aromatic carbocycles. The third kappa shape index (κ3) is 7.86. The summed E-state index contributed by atoms with van der Waals surface area (Å²) in [6, 6.07) is 9.31. The second-order valence-corrected chi connectivity index (χ2v) is 8.74. The minimum atomic E-state index is -0.0993. The van der Waals surface area contributed by atoms with E-state index in [2.05, 4.69) is 70.9 Å². The van der Waals surface area contributed by atoms with Crippen LogP contribution >= 0.6 is 0 Å². The Morgan fingerprint density at radius 3 is 2.40 bits per heavy atom. The van der Waals surface area contributed by atoms with Gasteiger partial charge >= 0.3 is 0 Å². The molecule has 1 amide bonds. The summed E-state index contributed by atoms with van der Waals surface area (Å²) in [5, 5.41) is 9.51. The fraction of sp³-hybridized carbons (Fsp3) is 0.652. The highest BCUT2D eigenvalue weighted by atomic mass is 16.5. The molecule has 30 heavy (non-hydrogen) atoms. The first-order chi connectivity index (χ1) is 14.3. The molecule has 1 aliphatic rings. The largest absolute Gasteiger partial charge is 0.383 e. The van der Waals surface area contributed by atoms with Crippen molar-refractivity contribution in [3.05, 3.63) is 29.8 Å². The van der Waals surface area contributed by atoms with Crippen LogP contribution in [0.25, 0.3) is 0 Å². The van der Waals surface area contributed by atoms with Crippen LogP contribution in [0.15, 0.2) is 29.3 Å². The molecule has 168 valence electrons. The second-order valence-electron chi connectivity index (χ2n) is 8.74. The summed E-state index contributed by atoms with van der Waals surface area (Å²) in [7, 11) is 1.61. The van der Waals surface area contributed by atoms with Gasteiger partial charge in [-0.3, -0.25) is 4.79 Å². The molecule has 0 bridgehead atoms. The SMILES string of the molecule is CCNC(=NCC(=O)NCCOC)NC1CCN(c2ccc(C(C)(C)C)cc2)CC1. The van der Waals surface area contributed by atoms with Crippen LogP contribution in [0.3, 0.4) is 0 Å². The number of hydrogen-bond donors (Lipinski definition) is 3. The molecule has 7 heteroatoms. The molecule has 1 aliphatic heterocycles. The van der Waals surface area contributed by atoms with Crippen LogP contribution in [0.1, 0.15) is 46.1 Å². The van der Waals surface area contributed by atoms with E-state index >= 15 is 0 Å². The topological polar surface area (TPSA) is 78.0 Å². The lowest BCUT2D eigenvalue weighted by atomic mass is 9.87. The van der Waals surface area contributed by atoms with Crippen LogP contribution in [0.4, 0.5) is 5.69 Å². The summed E-state index contributed by atoms with van der Waals surface area (Å²) in [4.78, 5) is 18.7. The summed E-state index contributed by atoms with van der Waals surface area (Å²) in [5.41, 5.74) is 2.83. The Morgan fingerprint density at radius 2 is 1.83 bits per heavy atom. The van der Waals surface area contributed by atoms with Gasteiger partial charge in [-0.2, -0.15) is 0 Å². The van der Waals surface area contributed by atoms with Crippen molar-refractivity contribution in [1.29, 1.82) is 0 Å². The molecule has 2 rings (SSSR count). The zero-order chi connectivity index (χ0) is 22.0. The lowest BCUT2D eigenvalue weighted by molar-refractivity contribution is -0.119. The van der Waals surface area contributed by atoms with E-state index in [0.29, 0.717) is 25.2 Å². The zero-order valence-electron chi connectivity index (χ0n) is 19.3. The lowest BCUT2D eigenvalue weighted by Gasteiger charge is -2.35. The minimum Gasteiger partial charge on any atom is -0.383 e. The Balaban J connectivity index is 1.83. The van der Waals surface area contributed by atoms with Crippen molar-refractivity contribution in [2.75, 3.05) is 51.3 Å². The number of carbonyl (C=O) groups excluding carboxylic acids is 1. The average molecular weight is 418 g/mol. The maximum Gasteiger partial charge on any atom is 0.241 e. The first-order valence-electron chi connectivity index (χ1n) is 11.0. The summed E-state index contributed by atoms with van der Waals surface area (Å²) in [6.07, 6.45) is 2.07. The number of methoxy groups -OCH3 is 1. The van der Waals surface area contributed by atoms with Crippen molar-refractivity contribution in [1.82, 2.24) is 16.0 Å². The van der Waals surface area contributed by atoms with Gasteiger partial charge in [0.1, 0.15) is 6.54 Å². The monoisotopic (exact) mass is 417 g/mol. The van der Waals surface area contributed by atoms with Crippen molar-refractivity contribution in [3.63, 3.8) is 0 Å². The van der Waals surface area contributed by atoms with E-state index in [1.165, 1.54) is 11.3 Å². The Kier molecular flexibility index (Phi) is 9.43. The summed E-state index contributed by atoms with van der Waals surface area (Å²) in [6.45, 7) is 12.6. The Labute approximate surface area is 181 Å². The fourth-order valence-corrected chi connectivity index (χ4v) is 3.47. The Hall–Kier alpha value is -2.28. The molecule has 0 saturated carbocycles. The van der Waals surface area contributed by atoms with E-state index in [1.807, 2.05) is 6.92 Å². The van der Waals surface area contributed by atoms with Crippen LogP contribution in [0, 0.1) is 0 Å². The molecule has 7 nitrogen and oxygen atoms in total. The third-order valence-electron chi connectivity index (χ3n) is 5.29. The molecular weight excluding hydrogens is 378 g/mol. The number of anilines is 1. The Morgan fingerprint density at radius 1 is 1.17 bits per heavy atom. The van der Waals surface area contributed by atoms with Crippen LogP contribution in [0.5, 0.6) is 0 Å². The molecule has 3 N–H and O–H groups in total. The zero-order valence-corrected chi connectivity index (χ0v) is 19.3. The van der Waals surface area contributed by atoms with Gasteiger partial charge in [0, 0.05) is 45.0 Å². The molecule has 0 aromatic heterocycles. The van der Waals surface area contributed by atoms with E-state index < -0.39 is 0 Å². The van der Waals surface area contributed by atoms with Gasteiger partial charge in [0.25, 0.3) is 0 Å². The summed E-state index contributed by atoms with van der Waals surface area (Å²) >= 11 is 0. The molecule has 0 spiro atoms. The van der Waals surface area contributed by atoms with Crippen molar-refractivity contribution in [2.24, 2.45) is 4.99 Å². The number of benzene rings is 1. The Bertz CT molecular complexity index is 674. The number of hydrogen-bond acceptors (Lipinski definition) is 4. The molecule has 0 aliphatic carbocycles. The maximum atomic E-state index is 11.9. The predicted octanol–water partition coefficient (Wildman–Crippen LogP) is 2.27. The van der Waals surface area contributed by atoms with Gasteiger partial charge < -0.3 is 25.6 Å². The number of ether oxygens (including phenoxy) is 1. The highest BCUT2D eigenvalue weighted by Gasteiger charge is 2.21. The standard InChI is InChI=1S/C23H39N5O2/c1-6-24-22(26-17-21(29)25-13-16-30-5)27-19-11-14-28(15-12-19)20-9-7-18(8-10-20)23(2,3)4/h7-10,19H,6,11-17H2,1-5H3,(H,25,29)(H2,24,26,27). The number of guanidine groups is 1. The van der Waals surface area contributed by atoms with Gasteiger partial charge in [-0.05, 0) is 42.9 Å². The van der Waals surface area contributed by atoms with Crippen LogP contribution in [-0.2, 0) is 14.9 Å². The molecule has 0 atom stereocenters. The van der Waals surface area contributed by atoms with Gasteiger partial charge in [0.2, 0.25) is 5.91 Å². The van der Waals surface area contributed by atoms with E-state index in [4.69, 9.17) is 4.74 Å². The number of nitrogens with one attached hydrogen (secondary N) is 3. The van der Waals surface area contributed by atoms with Gasteiger partial charge in [0.15, 0.2) is 5.96 Å². The smallest absolute Gasteiger partial charge is 0.241 e. The van der Waals surface area contributed by atoms with Crippen LogP contribution < -0.4 is 20.9 Å². The highest BCUT2D eigenvalue weighted by molar-refractivity contribution is 5.85. The molecule has 1 aromatic rings. The van der Waals surface area contributed by atoms with E-state index in [1.54, 1.807) is 7.11 Å². The number of piperidine rings is 1. The normalized spacial score (nSPS) is 15.8. The van der Waals surface area contributed by atoms with Gasteiger partial charge in [0.05, 0.1) is 6.61 Å². The maximum absolute atomic E-state index is 11.9. The molecular formula is C23H39N5O2. The number of amides is 1. The highest BCUT2D eigenvalue weighted by Crippen LogP contribution is 2.26. The van der Waals surface area contributed by atoms with Gasteiger partial charge in [-0.15, -0.1) is 0 Å². The average Bonchev–Trinajstić information content (AvgIpc) is 2.72. The number of carbonyl (C=O) groups is 1. The molecule has 1 fully saturated rings. The van der Waals surface area contributed by atoms with Crippen LogP contribution in [0.2, 0.25) is 0 Å². The minimum absolute atomic E-state index is 0.0993. The van der Waals surface area contributed by atoms with E-state index in [-0.39, 0.29) is 17.9 Å². The van der Waals surface area contributed by atoms with Crippen molar-refractivity contribution in [2.45, 2.75) is 52.0 Å². The summed E-state index contributed by atoms with van der Waals surface area (Å²) in [5.74, 6) is 0.602. The molecule has 1 saturated heterocycles. The molecule has 0 radical (unpaired) electrons. The summed E-state index contributed by atoms with van der Waals surface area (Å²) < 4.78 is 4.94.